The fraction of sp³-hybridized carbons (Fsp3) is 0.737. The molecule has 1 saturated carbocycles. The van der Waals surface area contributed by atoms with Crippen LogP contribution in [0.5, 0.6) is 0 Å². The molecule has 1 aromatic rings. The topological polar surface area (TPSA) is 122 Å². The summed E-state index contributed by atoms with van der Waals surface area (Å²) in [5.74, 6) is -0.986. The zero-order valence-corrected chi connectivity index (χ0v) is 17.0. The van der Waals surface area contributed by atoms with E-state index in [2.05, 4.69) is 4.98 Å². The van der Waals surface area contributed by atoms with Crippen LogP contribution < -0.4 is 11.2 Å². The first-order valence-electron chi connectivity index (χ1n) is 9.51. The molecule has 0 radical (unpaired) electrons. The highest BCUT2D eigenvalue weighted by Gasteiger charge is 2.26. The lowest BCUT2D eigenvalue weighted by Crippen LogP contribution is -2.33. The zero-order valence-electron chi connectivity index (χ0n) is 17.0. The first-order valence-corrected chi connectivity index (χ1v) is 9.51. The molecule has 1 aliphatic carbocycles. The number of aldehydes is 1. The van der Waals surface area contributed by atoms with Crippen molar-refractivity contribution in [1.82, 2.24) is 9.55 Å². The molecule has 0 amide bonds. The molecule has 1 aliphatic rings. The van der Waals surface area contributed by atoms with Crippen LogP contribution in [0.2, 0.25) is 0 Å². The molecule has 0 saturated heterocycles. The first-order chi connectivity index (χ1) is 12.6. The third kappa shape index (κ3) is 10.2. The van der Waals surface area contributed by atoms with Crippen molar-refractivity contribution in [3.8, 4) is 0 Å². The predicted octanol–water partition coefficient (Wildman–Crippen LogP) is 1.95. The number of carbonyl (C=O) groups excluding carboxylic acids is 1. The van der Waals surface area contributed by atoms with Gasteiger partial charge in [0.25, 0.3) is 5.56 Å². The number of nitrogens with one attached hydrogen (secondary N) is 1. The van der Waals surface area contributed by atoms with E-state index in [9.17, 15) is 14.4 Å². The van der Waals surface area contributed by atoms with Gasteiger partial charge in [-0.3, -0.25) is 14.3 Å². The number of rotatable bonds is 6. The van der Waals surface area contributed by atoms with Crippen molar-refractivity contribution in [2.75, 3.05) is 0 Å². The summed E-state index contributed by atoms with van der Waals surface area (Å²) in [6.07, 6.45) is 4.56. The third-order valence-electron chi connectivity index (χ3n) is 3.87. The molecule has 8 heteroatoms. The van der Waals surface area contributed by atoms with Gasteiger partial charge in [-0.15, -0.1) is 0 Å². The first kappa shape index (κ1) is 25.2. The van der Waals surface area contributed by atoms with E-state index in [1.54, 1.807) is 6.92 Å². The molecule has 0 bridgehead atoms. The number of H-pyrrole nitrogens is 1. The van der Waals surface area contributed by atoms with Gasteiger partial charge in [0, 0.05) is 25.1 Å². The summed E-state index contributed by atoms with van der Waals surface area (Å²) in [6, 6.07) is 1.24. The summed E-state index contributed by atoms with van der Waals surface area (Å²) in [5.41, 5.74) is -1.01. The van der Waals surface area contributed by atoms with Crippen molar-refractivity contribution in [3.05, 3.63) is 33.1 Å². The van der Waals surface area contributed by atoms with E-state index in [1.807, 2.05) is 27.7 Å². The van der Waals surface area contributed by atoms with Gasteiger partial charge in [-0.25, -0.2) is 4.79 Å². The average Bonchev–Trinajstić information content (AvgIpc) is 3.00. The van der Waals surface area contributed by atoms with E-state index in [0.717, 1.165) is 19.1 Å². The van der Waals surface area contributed by atoms with Crippen LogP contribution in [0.1, 0.15) is 73.0 Å². The molecule has 3 N–H and O–H groups in total. The van der Waals surface area contributed by atoms with Crippen LogP contribution in [0, 0.1) is 5.92 Å². The quantitative estimate of drug-likeness (QED) is 0.507. The minimum absolute atomic E-state index is 0.319. The lowest BCUT2D eigenvalue weighted by Gasteiger charge is -2.20. The molecular weight excluding hydrogens is 352 g/mol. The molecule has 27 heavy (non-hydrogen) atoms. The number of aliphatic hydroxyl groups is 2. The third-order valence-corrected chi connectivity index (χ3v) is 3.87. The van der Waals surface area contributed by atoms with Crippen molar-refractivity contribution >= 4 is 6.29 Å². The molecule has 0 aliphatic heterocycles. The summed E-state index contributed by atoms with van der Waals surface area (Å²) in [6.45, 7) is 9.62. The van der Waals surface area contributed by atoms with E-state index < -0.39 is 29.4 Å². The Labute approximate surface area is 160 Å². The molecule has 1 heterocycles. The molecule has 156 valence electrons. The molecule has 2 unspecified atom stereocenters. The number of carbonyl (C=O) groups is 1. The number of aromatic amines is 1. The second kappa shape index (κ2) is 12.6. The van der Waals surface area contributed by atoms with Crippen LogP contribution in [-0.2, 0) is 9.53 Å². The normalized spacial score (nSPS) is 17.2. The van der Waals surface area contributed by atoms with Gasteiger partial charge in [0.1, 0.15) is 18.6 Å². The Morgan fingerprint density at radius 3 is 2.15 bits per heavy atom. The van der Waals surface area contributed by atoms with Crippen LogP contribution in [0.15, 0.2) is 21.9 Å². The lowest BCUT2D eigenvalue weighted by atomic mass is 10.1. The second-order valence-corrected chi connectivity index (χ2v) is 6.75. The van der Waals surface area contributed by atoms with Gasteiger partial charge in [0.05, 0.1) is 0 Å². The van der Waals surface area contributed by atoms with Gasteiger partial charge in [-0.1, -0.05) is 27.7 Å². The summed E-state index contributed by atoms with van der Waals surface area (Å²) in [4.78, 5) is 35.4. The molecule has 1 aromatic heterocycles. The van der Waals surface area contributed by atoms with Crippen LogP contribution in [0.4, 0.5) is 0 Å². The highest BCUT2D eigenvalue weighted by molar-refractivity contribution is 5.55. The van der Waals surface area contributed by atoms with Gasteiger partial charge in [-0.05, 0) is 32.1 Å². The molecule has 0 aromatic carbocycles. The molecule has 2 atom stereocenters. The van der Waals surface area contributed by atoms with Crippen molar-refractivity contribution < 1.29 is 19.7 Å². The van der Waals surface area contributed by atoms with E-state index >= 15 is 0 Å². The van der Waals surface area contributed by atoms with Crippen molar-refractivity contribution in [1.29, 1.82) is 0 Å². The Kier molecular flexibility index (Phi) is 11.8. The molecule has 2 rings (SSSR count). The van der Waals surface area contributed by atoms with E-state index in [0.29, 0.717) is 25.2 Å². The van der Waals surface area contributed by atoms with Crippen molar-refractivity contribution in [2.24, 2.45) is 5.92 Å². The fourth-order valence-corrected chi connectivity index (χ4v) is 2.58. The Morgan fingerprint density at radius 2 is 1.78 bits per heavy atom. The van der Waals surface area contributed by atoms with Crippen molar-refractivity contribution in [3.63, 3.8) is 0 Å². The molecule has 1 fully saturated rings. The van der Waals surface area contributed by atoms with Gasteiger partial charge < -0.3 is 19.7 Å². The van der Waals surface area contributed by atoms with Gasteiger partial charge in [0.2, 0.25) is 0 Å². The molecule has 0 spiro atoms. The SMILES string of the molecule is CC.CC(C)CC(C=O)OC(C)n1ccc(=O)[nH]c1=O.OC1(O)CCCC1. The molecular formula is C19H34N2O6. The number of hydrogen-bond acceptors (Lipinski definition) is 6. The monoisotopic (exact) mass is 386 g/mol. The Morgan fingerprint density at radius 1 is 1.22 bits per heavy atom. The van der Waals surface area contributed by atoms with Crippen LogP contribution in [-0.4, -0.2) is 37.9 Å². The standard InChI is InChI=1S/C12H18N2O4.C5H10O2.C2H6/c1-8(2)6-10(7-15)18-9(3)14-5-4-11(16)13-12(14)17;6-5(7)3-1-2-4-5;1-2/h4-5,7-10H,6H2,1-3H3,(H,13,16,17);6-7H,1-4H2;1-2H3. The average molecular weight is 386 g/mol. The lowest BCUT2D eigenvalue weighted by molar-refractivity contribution is -0.152. The Bertz CT molecular complexity index is 642. The highest BCUT2D eigenvalue weighted by Crippen LogP contribution is 2.25. The second-order valence-electron chi connectivity index (χ2n) is 6.75. The van der Waals surface area contributed by atoms with Gasteiger partial charge in [0.15, 0.2) is 5.79 Å². The van der Waals surface area contributed by atoms with Gasteiger partial charge in [-0.2, -0.15) is 0 Å². The summed E-state index contributed by atoms with van der Waals surface area (Å²) in [7, 11) is 0. The largest absolute Gasteiger partial charge is 0.366 e. The maximum atomic E-state index is 11.5. The molecule has 8 nitrogen and oxygen atoms in total. The fourth-order valence-electron chi connectivity index (χ4n) is 2.58. The van der Waals surface area contributed by atoms with Gasteiger partial charge >= 0.3 is 5.69 Å². The number of hydrogen-bond donors (Lipinski definition) is 3. The minimum Gasteiger partial charge on any atom is -0.366 e. The summed E-state index contributed by atoms with van der Waals surface area (Å²) in [5, 5.41) is 17.5. The summed E-state index contributed by atoms with van der Waals surface area (Å²) >= 11 is 0. The van der Waals surface area contributed by atoms with E-state index in [1.165, 1.54) is 16.8 Å². The maximum Gasteiger partial charge on any atom is 0.330 e. The number of ether oxygens (including phenoxy) is 1. The Balaban J connectivity index is 0.000000621. The zero-order chi connectivity index (χ0) is 21.0. The van der Waals surface area contributed by atoms with E-state index in [4.69, 9.17) is 14.9 Å². The smallest absolute Gasteiger partial charge is 0.330 e. The predicted molar refractivity (Wildman–Crippen MR) is 103 cm³/mol. The number of nitrogens with zero attached hydrogens (tertiary/aromatic N) is 1. The Hall–Kier alpha value is -1.77. The maximum absolute atomic E-state index is 11.5. The highest BCUT2D eigenvalue weighted by atomic mass is 16.5. The van der Waals surface area contributed by atoms with Crippen LogP contribution >= 0.6 is 0 Å². The van der Waals surface area contributed by atoms with Crippen LogP contribution in [0.25, 0.3) is 0 Å². The summed E-state index contributed by atoms with van der Waals surface area (Å²) < 4.78 is 6.72. The number of aromatic nitrogens is 2. The minimum atomic E-state index is -1.31. The van der Waals surface area contributed by atoms with E-state index in [-0.39, 0.29) is 0 Å². The van der Waals surface area contributed by atoms with Crippen molar-refractivity contribution in [2.45, 2.75) is 84.8 Å². The van der Waals surface area contributed by atoms with Crippen LogP contribution in [0.3, 0.4) is 0 Å².